The molecule has 5 heteroatoms. The molecule has 0 bridgehead atoms. The zero-order valence-corrected chi connectivity index (χ0v) is 9.03. The fourth-order valence-electron chi connectivity index (χ4n) is 1.38. The highest BCUT2D eigenvalue weighted by Gasteiger charge is 2.13. The third-order valence-corrected chi connectivity index (χ3v) is 2.22. The second kappa shape index (κ2) is 4.40. The van der Waals surface area contributed by atoms with Crippen LogP contribution in [-0.2, 0) is 4.79 Å². The molecule has 1 aliphatic heterocycles. The normalized spacial score (nSPS) is 15.4. The number of anilines is 1. The number of carbonyl (C=O) groups is 1. The van der Waals surface area contributed by atoms with Gasteiger partial charge in [-0.15, -0.1) is 0 Å². The van der Waals surface area contributed by atoms with Crippen molar-refractivity contribution >= 4 is 11.6 Å². The lowest BCUT2D eigenvalue weighted by Crippen LogP contribution is -2.32. The van der Waals surface area contributed by atoms with Crippen molar-refractivity contribution in [2.24, 2.45) is 5.73 Å². The maximum Gasteiger partial charge on any atom is 0.241 e. The molecule has 3 N–H and O–H groups in total. The number of nitrogens with two attached hydrogens (primary N) is 1. The van der Waals surface area contributed by atoms with Crippen LogP contribution in [0.1, 0.15) is 6.92 Å². The predicted molar refractivity (Wildman–Crippen MR) is 59.7 cm³/mol. The van der Waals surface area contributed by atoms with Gasteiger partial charge in [-0.1, -0.05) is 0 Å². The Hall–Kier alpha value is -1.75. The Labute approximate surface area is 93.5 Å². The second-order valence-corrected chi connectivity index (χ2v) is 3.64. The molecule has 1 aliphatic rings. The summed E-state index contributed by atoms with van der Waals surface area (Å²) < 4.78 is 10.8. The summed E-state index contributed by atoms with van der Waals surface area (Å²) in [5.74, 6) is 1.12. The molecule has 5 nitrogen and oxygen atoms in total. The van der Waals surface area contributed by atoms with Crippen LogP contribution in [0.4, 0.5) is 5.69 Å². The molecule has 0 saturated carbocycles. The summed E-state index contributed by atoms with van der Waals surface area (Å²) in [6.07, 6.45) is 0. The van der Waals surface area contributed by atoms with Crippen molar-refractivity contribution < 1.29 is 14.3 Å². The van der Waals surface area contributed by atoms with E-state index in [2.05, 4.69) is 5.32 Å². The fourth-order valence-corrected chi connectivity index (χ4v) is 1.38. The van der Waals surface area contributed by atoms with Crippen molar-refractivity contribution in [2.75, 3.05) is 18.5 Å². The lowest BCUT2D eigenvalue weighted by Gasteiger charge is -2.19. The van der Waals surface area contributed by atoms with Gasteiger partial charge in [0.05, 0.1) is 6.04 Å². The van der Waals surface area contributed by atoms with E-state index in [4.69, 9.17) is 15.2 Å². The van der Waals surface area contributed by atoms with Gasteiger partial charge >= 0.3 is 0 Å². The summed E-state index contributed by atoms with van der Waals surface area (Å²) in [4.78, 5) is 11.4. The first-order valence-electron chi connectivity index (χ1n) is 5.13. The Balaban J connectivity index is 2.14. The minimum absolute atomic E-state index is 0.225. The van der Waals surface area contributed by atoms with E-state index < -0.39 is 6.04 Å². The number of ether oxygens (including phenoxy) is 2. The molecule has 0 saturated heterocycles. The van der Waals surface area contributed by atoms with Gasteiger partial charge in [0.25, 0.3) is 0 Å². The Bertz CT molecular complexity index is 404. The molecule has 0 aromatic heterocycles. The van der Waals surface area contributed by atoms with Crippen LogP contribution >= 0.6 is 0 Å². The first-order chi connectivity index (χ1) is 7.66. The number of rotatable bonds is 2. The highest BCUT2D eigenvalue weighted by Crippen LogP contribution is 2.32. The largest absolute Gasteiger partial charge is 0.486 e. The Morgan fingerprint density at radius 1 is 1.38 bits per heavy atom. The second-order valence-electron chi connectivity index (χ2n) is 3.64. The Morgan fingerprint density at radius 3 is 2.75 bits per heavy atom. The van der Waals surface area contributed by atoms with Crippen LogP contribution in [0.2, 0.25) is 0 Å². The zero-order chi connectivity index (χ0) is 11.5. The van der Waals surface area contributed by atoms with Gasteiger partial charge in [0.2, 0.25) is 5.91 Å². The Kier molecular flexibility index (Phi) is 2.96. The quantitative estimate of drug-likeness (QED) is 0.774. The molecule has 1 aromatic carbocycles. The maximum absolute atomic E-state index is 11.4. The summed E-state index contributed by atoms with van der Waals surface area (Å²) in [6, 6.07) is 4.72. The van der Waals surface area contributed by atoms with E-state index in [1.165, 1.54) is 0 Å². The average molecular weight is 222 g/mol. The highest BCUT2D eigenvalue weighted by atomic mass is 16.6. The van der Waals surface area contributed by atoms with Crippen LogP contribution < -0.4 is 20.5 Å². The summed E-state index contributed by atoms with van der Waals surface area (Å²) in [7, 11) is 0. The number of fused-ring (bicyclic) bond motifs is 1. The molecule has 1 unspecified atom stereocenters. The molecule has 16 heavy (non-hydrogen) atoms. The minimum atomic E-state index is -0.534. The van der Waals surface area contributed by atoms with Gasteiger partial charge < -0.3 is 20.5 Å². The van der Waals surface area contributed by atoms with Crippen molar-refractivity contribution in [3.05, 3.63) is 18.2 Å². The highest BCUT2D eigenvalue weighted by molar-refractivity contribution is 5.94. The molecule has 0 spiro atoms. The van der Waals surface area contributed by atoms with Crippen molar-refractivity contribution in [2.45, 2.75) is 13.0 Å². The van der Waals surface area contributed by atoms with E-state index in [0.29, 0.717) is 30.4 Å². The third-order valence-electron chi connectivity index (χ3n) is 2.22. The molecular weight excluding hydrogens is 208 g/mol. The lowest BCUT2D eigenvalue weighted by molar-refractivity contribution is -0.117. The van der Waals surface area contributed by atoms with Crippen LogP contribution in [-0.4, -0.2) is 25.2 Å². The molecule has 0 fully saturated rings. The monoisotopic (exact) mass is 222 g/mol. The number of hydrogen-bond donors (Lipinski definition) is 2. The van der Waals surface area contributed by atoms with Crippen molar-refractivity contribution in [3.8, 4) is 11.5 Å². The lowest BCUT2D eigenvalue weighted by atomic mass is 10.2. The van der Waals surface area contributed by atoms with Crippen LogP contribution in [0.25, 0.3) is 0 Å². The first-order valence-corrected chi connectivity index (χ1v) is 5.13. The standard InChI is InChI=1S/C11H14N2O3/c1-7(12)11(14)13-8-2-3-9-10(6-8)16-5-4-15-9/h2-3,6-7H,4-5,12H2,1H3,(H,13,14). The molecule has 1 heterocycles. The van der Waals surface area contributed by atoms with Crippen molar-refractivity contribution in [1.82, 2.24) is 0 Å². The summed E-state index contributed by atoms with van der Waals surface area (Å²) in [5, 5.41) is 2.69. The van der Waals surface area contributed by atoms with E-state index in [9.17, 15) is 4.79 Å². The molecule has 86 valence electrons. The molecule has 1 aromatic rings. The van der Waals surface area contributed by atoms with Crippen LogP contribution in [0, 0.1) is 0 Å². The van der Waals surface area contributed by atoms with Crippen molar-refractivity contribution in [3.63, 3.8) is 0 Å². The zero-order valence-electron chi connectivity index (χ0n) is 9.03. The number of nitrogens with one attached hydrogen (secondary N) is 1. The molecule has 1 amide bonds. The molecular formula is C11H14N2O3. The van der Waals surface area contributed by atoms with E-state index in [-0.39, 0.29) is 5.91 Å². The molecule has 2 rings (SSSR count). The van der Waals surface area contributed by atoms with E-state index in [1.54, 1.807) is 25.1 Å². The van der Waals surface area contributed by atoms with Gasteiger partial charge in [0.15, 0.2) is 11.5 Å². The van der Waals surface area contributed by atoms with Crippen LogP contribution in [0.3, 0.4) is 0 Å². The van der Waals surface area contributed by atoms with Gasteiger partial charge in [-0.3, -0.25) is 4.79 Å². The van der Waals surface area contributed by atoms with Crippen molar-refractivity contribution in [1.29, 1.82) is 0 Å². The van der Waals surface area contributed by atoms with Gasteiger partial charge in [-0.2, -0.15) is 0 Å². The smallest absolute Gasteiger partial charge is 0.241 e. The van der Waals surface area contributed by atoms with Gasteiger partial charge in [0, 0.05) is 11.8 Å². The SMILES string of the molecule is CC(N)C(=O)Nc1ccc2c(c1)OCCO2. The van der Waals surface area contributed by atoms with E-state index in [0.717, 1.165) is 0 Å². The number of carbonyl (C=O) groups excluding carboxylic acids is 1. The molecule has 0 aliphatic carbocycles. The maximum atomic E-state index is 11.4. The minimum Gasteiger partial charge on any atom is -0.486 e. The fraction of sp³-hybridized carbons (Fsp3) is 0.364. The summed E-state index contributed by atoms with van der Waals surface area (Å²) >= 11 is 0. The molecule has 1 atom stereocenters. The number of benzene rings is 1. The van der Waals surface area contributed by atoms with Gasteiger partial charge in [-0.25, -0.2) is 0 Å². The third kappa shape index (κ3) is 2.25. The number of amides is 1. The van der Waals surface area contributed by atoms with Crippen LogP contribution in [0.15, 0.2) is 18.2 Å². The van der Waals surface area contributed by atoms with Crippen LogP contribution in [0.5, 0.6) is 11.5 Å². The van der Waals surface area contributed by atoms with E-state index in [1.807, 2.05) is 0 Å². The number of hydrogen-bond acceptors (Lipinski definition) is 4. The van der Waals surface area contributed by atoms with Gasteiger partial charge in [-0.05, 0) is 19.1 Å². The predicted octanol–water partition coefficient (Wildman–Crippen LogP) is 0.743. The first kappa shape index (κ1) is 10.8. The molecule has 0 radical (unpaired) electrons. The summed E-state index contributed by atoms with van der Waals surface area (Å²) in [5.41, 5.74) is 6.11. The summed E-state index contributed by atoms with van der Waals surface area (Å²) in [6.45, 7) is 2.71. The van der Waals surface area contributed by atoms with E-state index >= 15 is 0 Å². The topological polar surface area (TPSA) is 73.6 Å². The van der Waals surface area contributed by atoms with Gasteiger partial charge in [0.1, 0.15) is 13.2 Å². The Morgan fingerprint density at radius 2 is 2.06 bits per heavy atom. The average Bonchev–Trinajstić information content (AvgIpc) is 2.28.